The summed E-state index contributed by atoms with van der Waals surface area (Å²) >= 11 is 0. The second kappa shape index (κ2) is 6.30. The number of aromatic hydroxyl groups is 1. The van der Waals surface area contributed by atoms with Crippen LogP contribution in [0, 0.1) is 5.41 Å². The van der Waals surface area contributed by atoms with Crippen LogP contribution in [0.15, 0.2) is 12.1 Å². The number of cyclic esters (lactones) is 1. The molecular weight excluding hydrogens is 298 g/mol. The van der Waals surface area contributed by atoms with Gasteiger partial charge in [-0.05, 0) is 0 Å². The number of carbonyl (C=O) groups excluding carboxylic acids is 1. The number of ether oxygens (including phenoxy) is 3. The van der Waals surface area contributed by atoms with Crippen molar-refractivity contribution in [3.8, 4) is 17.2 Å². The summed E-state index contributed by atoms with van der Waals surface area (Å²) in [6, 6.07) is 2.65. The molecular formula is C14H20ClNO5. The van der Waals surface area contributed by atoms with Crippen molar-refractivity contribution in [3.63, 3.8) is 0 Å². The SMILES string of the molecule is COc1cc(O)cc(OC)c1[C@@H]1NC(=O)OCC1(C)C.Cl. The van der Waals surface area contributed by atoms with Crippen LogP contribution in [0.5, 0.6) is 17.2 Å². The minimum atomic E-state index is -0.480. The lowest BCUT2D eigenvalue weighted by atomic mass is 9.79. The Kier molecular flexibility index (Phi) is 5.17. The van der Waals surface area contributed by atoms with Crippen LogP contribution in [-0.4, -0.2) is 32.0 Å². The molecule has 0 unspecified atom stereocenters. The summed E-state index contributed by atoms with van der Waals surface area (Å²) in [4.78, 5) is 11.5. The maximum absolute atomic E-state index is 11.5. The molecule has 2 N–H and O–H groups in total. The minimum Gasteiger partial charge on any atom is -0.508 e. The van der Waals surface area contributed by atoms with Crippen molar-refractivity contribution in [3.05, 3.63) is 17.7 Å². The van der Waals surface area contributed by atoms with Crippen molar-refractivity contribution < 1.29 is 24.1 Å². The normalized spacial score (nSPS) is 19.8. The molecule has 0 aliphatic carbocycles. The Bertz CT molecular complexity index is 507. The molecule has 1 heterocycles. The van der Waals surface area contributed by atoms with Crippen molar-refractivity contribution in [2.24, 2.45) is 5.41 Å². The highest BCUT2D eigenvalue weighted by molar-refractivity contribution is 5.85. The Morgan fingerprint density at radius 2 is 1.81 bits per heavy atom. The minimum absolute atomic E-state index is 0. The number of phenols is 1. The quantitative estimate of drug-likeness (QED) is 0.896. The van der Waals surface area contributed by atoms with Crippen LogP contribution in [-0.2, 0) is 4.74 Å². The van der Waals surface area contributed by atoms with Crippen LogP contribution in [0.2, 0.25) is 0 Å². The van der Waals surface area contributed by atoms with Gasteiger partial charge in [-0.25, -0.2) is 4.79 Å². The zero-order valence-electron chi connectivity index (χ0n) is 12.4. The van der Waals surface area contributed by atoms with E-state index >= 15 is 0 Å². The van der Waals surface area contributed by atoms with Gasteiger partial charge >= 0.3 is 6.09 Å². The Morgan fingerprint density at radius 1 is 1.29 bits per heavy atom. The van der Waals surface area contributed by atoms with Crippen LogP contribution in [0.4, 0.5) is 4.79 Å². The van der Waals surface area contributed by atoms with Crippen molar-refractivity contribution in [2.45, 2.75) is 19.9 Å². The van der Waals surface area contributed by atoms with Gasteiger partial charge in [0.2, 0.25) is 0 Å². The number of nitrogens with one attached hydrogen (secondary N) is 1. The van der Waals surface area contributed by atoms with E-state index < -0.39 is 6.09 Å². The first-order chi connectivity index (χ1) is 9.39. The molecule has 1 saturated heterocycles. The third-order valence-corrected chi connectivity index (χ3v) is 3.44. The molecule has 1 atom stereocenters. The lowest BCUT2D eigenvalue weighted by Gasteiger charge is -2.39. The van der Waals surface area contributed by atoms with Crippen LogP contribution in [0.3, 0.4) is 0 Å². The standard InChI is InChI=1S/C14H19NO5.ClH/c1-14(2)7-20-13(17)15-12(14)11-9(18-3)5-8(16)6-10(11)19-4;/h5-6,12,16H,7H2,1-4H3,(H,15,17);1H/t12-;/m0./s1. The molecule has 6 nitrogen and oxygen atoms in total. The summed E-state index contributed by atoms with van der Waals surface area (Å²) in [5.41, 5.74) is 0.347. The fourth-order valence-corrected chi connectivity index (χ4v) is 2.36. The first kappa shape index (κ1) is 17.2. The van der Waals surface area contributed by atoms with E-state index in [1.54, 1.807) is 0 Å². The lowest BCUT2D eigenvalue weighted by molar-refractivity contribution is 0.0374. The number of carbonyl (C=O) groups is 1. The molecule has 0 saturated carbocycles. The van der Waals surface area contributed by atoms with E-state index in [-0.39, 0.29) is 36.2 Å². The van der Waals surface area contributed by atoms with E-state index in [4.69, 9.17) is 14.2 Å². The van der Waals surface area contributed by atoms with Gasteiger partial charge in [-0.1, -0.05) is 13.8 Å². The molecule has 0 radical (unpaired) electrons. The number of rotatable bonds is 3. The van der Waals surface area contributed by atoms with Crippen molar-refractivity contribution in [1.82, 2.24) is 5.32 Å². The zero-order chi connectivity index (χ0) is 14.9. The lowest BCUT2D eigenvalue weighted by Crippen LogP contribution is -2.47. The number of amides is 1. The zero-order valence-corrected chi connectivity index (χ0v) is 13.2. The molecule has 1 aromatic carbocycles. The van der Waals surface area contributed by atoms with Gasteiger partial charge in [0.05, 0.1) is 25.8 Å². The van der Waals surface area contributed by atoms with Gasteiger partial charge < -0.3 is 24.6 Å². The first-order valence-electron chi connectivity index (χ1n) is 6.27. The predicted octanol–water partition coefficient (Wildman–Crippen LogP) is 2.64. The van der Waals surface area contributed by atoms with Crippen molar-refractivity contribution >= 4 is 18.5 Å². The van der Waals surface area contributed by atoms with Crippen molar-refractivity contribution in [2.75, 3.05) is 20.8 Å². The molecule has 7 heteroatoms. The predicted molar refractivity (Wildman–Crippen MR) is 79.5 cm³/mol. The summed E-state index contributed by atoms with van der Waals surface area (Å²) in [6.45, 7) is 4.24. The molecule has 1 aliphatic rings. The molecule has 1 aromatic rings. The van der Waals surface area contributed by atoms with E-state index in [0.717, 1.165) is 0 Å². The molecule has 21 heavy (non-hydrogen) atoms. The smallest absolute Gasteiger partial charge is 0.407 e. The van der Waals surface area contributed by atoms with Crippen LogP contribution < -0.4 is 14.8 Å². The van der Waals surface area contributed by atoms with Gasteiger partial charge in [-0.2, -0.15) is 0 Å². The topological polar surface area (TPSA) is 77.0 Å². The summed E-state index contributed by atoms with van der Waals surface area (Å²) < 4.78 is 15.7. The number of halogens is 1. The Labute approximate surface area is 129 Å². The highest BCUT2D eigenvalue weighted by Crippen LogP contribution is 2.46. The second-order valence-electron chi connectivity index (χ2n) is 5.41. The van der Waals surface area contributed by atoms with Gasteiger partial charge in [-0.3, -0.25) is 0 Å². The molecule has 1 amide bonds. The van der Waals surface area contributed by atoms with Gasteiger partial charge in [0.15, 0.2) is 0 Å². The molecule has 0 bridgehead atoms. The molecule has 1 aliphatic heterocycles. The molecule has 2 rings (SSSR count). The maximum atomic E-state index is 11.5. The molecule has 0 aromatic heterocycles. The van der Waals surface area contributed by atoms with E-state index in [1.807, 2.05) is 13.8 Å². The third kappa shape index (κ3) is 3.26. The molecule has 0 spiro atoms. The van der Waals surface area contributed by atoms with E-state index in [1.165, 1.54) is 26.4 Å². The van der Waals surface area contributed by atoms with Crippen molar-refractivity contribution in [1.29, 1.82) is 0 Å². The van der Waals surface area contributed by atoms with Gasteiger partial charge in [0, 0.05) is 17.5 Å². The first-order valence-corrected chi connectivity index (χ1v) is 6.27. The highest BCUT2D eigenvalue weighted by atomic mass is 35.5. The highest BCUT2D eigenvalue weighted by Gasteiger charge is 2.41. The summed E-state index contributed by atoms with van der Waals surface area (Å²) in [5.74, 6) is 0.961. The largest absolute Gasteiger partial charge is 0.508 e. The van der Waals surface area contributed by atoms with E-state index in [9.17, 15) is 9.90 Å². The monoisotopic (exact) mass is 317 g/mol. The van der Waals surface area contributed by atoms with Crippen LogP contribution in [0.1, 0.15) is 25.5 Å². The van der Waals surface area contributed by atoms with Crippen LogP contribution in [0.25, 0.3) is 0 Å². The Morgan fingerprint density at radius 3 is 2.29 bits per heavy atom. The fourth-order valence-electron chi connectivity index (χ4n) is 2.36. The maximum Gasteiger partial charge on any atom is 0.407 e. The van der Waals surface area contributed by atoms with Gasteiger partial charge in [0.1, 0.15) is 23.9 Å². The second-order valence-corrected chi connectivity index (χ2v) is 5.41. The third-order valence-electron chi connectivity index (χ3n) is 3.44. The molecule has 118 valence electrons. The number of hydrogen-bond acceptors (Lipinski definition) is 5. The van der Waals surface area contributed by atoms with Gasteiger partial charge in [-0.15, -0.1) is 12.4 Å². The number of phenolic OH excluding ortho intramolecular Hbond substituents is 1. The average Bonchev–Trinajstić information content (AvgIpc) is 2.40. The van der Waals surface area contributed by atoms with E-state index in [2.05, 4.69) is 5.32 Å². The average molecular weight is 318 g/mol. The Hall–Kier alpha value is -1.82. The Balaban J connectivity index is 0.00000220. The molecule has 1 fully saturated rings. The number of hydrogen-bond donors (Lipinski definition) is 2. The number of methoxy groups -OCH3 is 2. The van der Waals surface area contributed by atoms with E-state index in [0.29, 0.717) is 17.1 Å². The fraction of sp³-hybridized carbons (Fsp3) is 0.500. The summed E-state index contributed by atoms with van der Waals surface area (Å²) in [5, 5.41) is 12.5. The number of alkyl carbamates (subject to hydrolysis) is 1. The van der Waals surface area contributed by atoms with Crippen LogP contribution >= 0.6 is 12.4 Å². The van der Waals surface area contributed by atoms with Gasteiger partial charge in [0.25, 0.3) is 0 Å². The number of benzene rings is 1. The summed E-state index contributed by atoms with van der Waals surface area (Å²) in [7, 11) is 3.01. The summed E-state index contributed by atoms with van der Waals surface area (Å²) in [6.07, 6.45) is -0.480.